The summed E-state index contributed by atoms with van der Waals surface area (Å²) in [4.78, 5) is 4.11. The van der Waals surface area contributed by atoms with E-state index >= 15 is 0 Å². The van der Waals surface area contributed by atoms with Gasteiger partial charge in [-0.25, -0.2) is 0 Å². The highest BCUT2D eigenvalue weighted by Crippen LogP contribution is 2.18. The molecule has 1 aromatic rings. The maximum absolute atomic E-state index is 8.64. The summed E-state index contributed by atoms with van der Waals surface area (Å²) < 4.78 is 0. The molecule has 4 nitrogen and oxygen atoms in total. The Balaban J connectivity index is 2.61. The van der Waals surface area contributed by atoms with Gasteiger partial charge in [0.2, 0.25) is 0 Å². The number of aliphatic hydroxyl groups is 1. The molecule has 0 bridgehead atoms. The summed E-state index contributed by atoms with van der Waals surface area (Å²) in [7, 11) is 0. The van der Waals surface area contributed by atoms with Crippen molar-refractivity contribution < 1.29 is 5.11 Å². The quantitative estimate of drug-likeness (QED) is 0.415. The largest absolute Gasteiger partial charge is 0.396 e. The number of nitrogens with two attached hydrogens (primary N) is 1. The summed E-state index contributed by atoms with van der Waals surface area (Å²) in [6, 6.07) is 8.12. The number of guanidine groups is 1. The fraction of sp³-hybridized carbons (Fsp3) is 0.462. The topological polar surface area (TPSA) is 70.6 Å². The minimum Gasteiger partial charge on any atom is -0.396 e. The lowest BCUT2D eigenvalue weighted by Crippen LogP contribution is -2.23. The van der Waals surface area contributed by atoms with Crippen LogP contribution in [0.4, 0.5) is 5.69 Å². The van der Waals surface area contributed by atoms with Crippen molar-refractivity contribution in [1.82, 2.24) is 0 Å². The van der Waals surface area contributed by atoms with Gasteiger partial charge in [-0.05, 0) is 30.0 Å². The molecule has 0 saturated carbocycles. The minimum atomic E-state index is 0.139. The van der Waals surface area contributed by atoms with E-state index in [2.05, 4.69) is 36.3 Å². The number of rotatable bonds is 5. The monoisotopic (exact) mass is 235 g/mol. The second-order valence-corrected chi connectivity index (χ2v) is 4.25. The molecule has 1 aromatic carbocycles. The molecule has 0 radical (unpaired) electrons. The van der Waals surface area contributed by atoms with Crippen LogP contribution in [0.5, 0.6) is 0 Å². The Morgan fingerprint density at radius 3 is 2.88 bits per heavy atom. The van der Waals surface area contributed by atoms with Crippen molar-refractivity contribution in [2.45, 2.75) is 26.2 Å². The number of nitrogens with zero attached hydrogens (tertiary/aromatic N) is 1. The van der Waals surface area contributed by atoms with E-state index < -0.39 is 0 Å². The van der Waals surface area contributed by atoms with Crippen molar-refractivity contribution >= 4 is 11.6 Å². The first-order valence-corrected chi connectivity index (χ1v) is 5.91. The average Bonchev–Trinajstić information content (AvgIpc) is 2.29. The smallest absolute Gasteiger partial charge is 0.193 e. The first-order valence-electron chi connectivity index (χ1n) is 5.91. The molecular weight excluding hydrogens is 214 g/mol. The second-order valence-electron chi connectivity index (χ2n) is 4.25. The number of aliphatic imine (C=N–C) groups is 1. The lowest BCUT2D eigenvalue weighted by atomic mass is 10.0. The lowest BCUT2D eigenvalue weighted by Gasteiger charge is -2.09. The van der Waals surface area contributed by atoms with Gasteiger partial charge in [0.1, 0.15) is 0 Å². The summed E-state index contributed by atoms with van der Waals surface area (Å²) in [6.45, 7) is 4.98. The first kappa shape index (κ1) is 13.5. The molecule has 0 fully saturated rings. The Kier molecular flexibility index (Phi) is 5.49. The Morgan fingerprint density at radius 1 is 1.47 bits per heavy atom. The normalized spacial score (nSPS) is 11.9. The van der Waals surface area contributed by atoms with Crippen LogP contribution in [0.3, 0.4) is 0 Å². The van der Waals surface area contributed by atoms with Crippen LogP contribution in [0.25, 0.3) is 0 Å². The predicted octanol–water partition coefficient (Wildman–Crippen LogP) is 1.92. The van der Waals surface area contributed by atoms with Gasteiger partial charge in [-0.3, -0.25) is 4.99 Å². The molecule has 0 aliphatic carbocycles. The molecule has 0 aromatic heterocycles. The van der Waals surface area contributed by atoms with Crippen LogP contribution < -0.4 is 11.1 Å². The van der Waals surface area contributed by atoms with Crippen LogP contribution in [0.15, 0.2) is 29.3 Å². The highest BCUT2D eigenvalue weighted by molar-refractivity contribution is 5.92. The van der Waals surface area contributed by atoms with Gasteiger partial charge in [0.25, 0.3) is 0 Å². The van der Waals surface area contributed by atoms with Crippen molar-refractivity contribution in [1.29, 1.82) is 0 Å². The molecule has 1 rings (SSSR count). The lowest BCUT2D eigenvalue weighted by molar-refractivity contribution is 0.291. The fourth-order valence-corrected chi connectivity index (χ4v) is 1.43. The maximum Gasteiger partial charge on any atom is 0.193 e. The molecule has 0 aliphatic rings. The number of aliphatic hydroxyl groups excluding tert-OH is 1. The number of hydrogen-bond acceptors (Lipinski definition) is 2. The van der Waals surface area contributed by atoms with Gasteiger partial charge in [-0.15, -0.1) is 0 Å². The zero-order valence-electron chi connectivity index (χ0n) is 10.5. The Labute approximate surface area is 103 Å². The van der Waals surface area contributed by atoms with Gasteiger partial charge in [-0.1, -0.05) is 26.0 Å². The molecule has 0 aliphatic heterocycles. The van der Waals surface area contributed by atoms with Crippen molar-refractivity contribution in [3.05, 3.63) is 29.8 Å². The third kappa shape index (κ3) is 4.87. The van der Waals surface area contributed by atoms with Gasteiger partial charge >= 0.3 is 0 Å². The van der Waals surface area contributed by atoms with E-state index in [1.165, 1.54) is 5.56 Å². The van der Waals surface area contributed by atoms with Crippen molar-refractivity contribution in [3.8, 4) is 0 Å². The zero-order valence-corrected chi connectivity index (χ0v) is 10.5. The van der Waals surface area contributed by atoms with Crippen molar-refractivity contribution in [2.24, 2.45) is 10.7 Å². The molecule has 4 heteroatoms. The standard InChI is InChI=1S/C13H21N3O/c1-10(2)11-5-3-6-12(9-11)16-13(14)15-7-4-8-17/h3,5-6,9-10,17H,4,7-8H2,1-2H3,(H3,14,15,16). The molecule has 94 valence electrons. The summed E-state index contributed by atoms with van der Waals surface area (Å²) in [5, 5.41) is 11.7. The van der Waals surface area contributed by atoms with E-state index in [0.29, 0.717) is 24.8 Å². The molecule has 0 heterocycles. The highest BCUT2D eigenvalue weighted by atomic mass is 16.3. The summed E-state index contributed by atoms with van der Waals surface area (Å²) in [5.41, 5.74) is 7.94. The summed E-state index contributed by atoms with van der Waals surface area (Å²) in [6.07, 6.45) is 0.633. The van der Waals surface area contributed by atoms with Crippen molar-refractivity contribution in [3.63, 3.8) is 0 Å². The van der Waals surface area contributed by atoms with E-state index in [-0.39, 0.29) is 6.61 Å². The number of nitrogens with one attached hydrogen (secondary N) is 1. The van der Waals surface area contributed by atoms with Gasteiger partial charge < -0.3 is 16.2 Å². The van der Waals surface area contributed by atoms with Gasteiger partial charge in [0.15, 0.2) is 5.96 Å². The van der Waals surface area contributed by atoms with E-state index in [1.54, 1.807) is 0 Å². The summed E-state index contributed by atoms with van der Waals surface area (Å²) >= 11 is 0. The van der Waals surface area contributed by atoms with Crippen LogP contribution in [-0.4, -0.2) is 24.2 Å². The molecule has 17 heavy (non-hydrogen) atoms. The average molecular weight is 235 g/mol. The predicted molar refractivity (Wildman–Crippen MR) is 72.3 cm³/mol. The highest BCUT2D eigenvalue weighted by Gasteiger charge is 2.00. The zero-order chi connectivity index (χ0) is 12.7. The third-order valence-electron chi connectivity index (χ3n) is 2.42. The number of anilines is 1. The van der Waals surface area contributed by atoms with Crippen LogP contribution in [-0.2, 0) is 0 Å². The third-order valence-corrected chi connectivity index (χ3v) is 2.42. The van der Waals surface area contributed by atoms with E-state index in [0.717, 1.165) is 5.69 Å². The van der Waals surface area contributed by atoms with Crippen molar-refractivity contribution in [2.75, 3.05) is 18.5 Å². The van der Waals surface area contributed by atoms with Gasteiger partial charge in [-0.2, -0.15) is 0 Å². The van der Waals surface area contributed by atoms with Gasteiger partial charge in [0.05, 0.1) is 0 Å². The second kappa shape index (κ2) is 6.91. The summed E-state index contributed by atoms with van der Waals surface area (Å²) in [5.74, 6) is 0.878. The maximum atomic E-state index is 8.64. The molecule has 0 unspecified atom stereocenters. The molecule has 0 amide bonds. The number of benzene rings is 1. The Bertz CT molecular complexity index is 375. The molecule has 0 saturated heterocycles. The Morgan fingerprint density at radius 2 is 2.24 bits per heavy atom. The van der Waals surface area contributed by atoms with Crippen LogP contribution in [0.1, 0.15) is 31.7 Å². The number of hydrogen-bond donors (Lipinski definition) is 3. The van der Waals surface area contributed by atoms with Gasteiger partial charge in [0, 0.05) is 18.8 Å². The van der Waals surface area contributed by atoms with E-state index in [4.69, 9.17) is 10.8 Å². The van der Waals surface area contributed by atoms with E-state index in [1.807, 2.05) is 12.1 Å². The van der Waals surface area contributed by atoms with E-state index in [9.17, 15) is 0 Å². The molecule has 0 atom stereocenters. The van der Waals surface area contributed by atoms with Crippen LogP contribution >= 0.6 is 0 Å². The Hall–Kier alpha value is -1.55. The minimum absolute atomic E-state index is 0.139. The molecule has 0 spiro atoms. The first-order chi connectivity index (χ1) is 8.13. The SMILES string of the molecule is CC(C)c1cccc(NC(N)=NCCCO)c1. The van der Waals surface area contributed by atoms with Crippen LogP contribution in [0.2, 0.25) is 0 Å². The van der Waals surface area contributed by atoms with Crippen LogP contribution in [0, 0.1) is 0 Å². The fourth-order valence-electron chi connectivity index (χ4n) is 1.43. The molecular formula is C13H21N3O. The molecule has 4 N–H and O–H groups in total.